The van der Waals surface area contributed by atoms with Gasteiger partial charge in [0.25, 0.3) is 0 Å². The van der Waals surface area contributed by atoms with Gasteiger partial charge < -0.3 is 10.6 Å². The number of carbonyl (C=O) groups is 1. The minimum atomic E-state index is -0.753. The lowest BCUT2D eigenvalue weighted by Gasteiger charge is -2.28. The van der Waals surface area contributed by atoms with E-state index in [0.29, 0.717) is 5.56 Å². The average molecular weight is 329 g/mol. The summed E-state index contributed by atoms with van der Waals surface area (Å²) in [5.74, 6) is -0.398. The van der Waals surface area contributed by atoms with Crippen molar-refractivity contribution in [2.75, 3.05) is 7.05 Å². The first kappa shape index (κ1) is 14.5. The van der Waals surface area contributed by atoms with Crippen molar-refractivity contribution in [1.82, 2.24) is 4.90 Å². The van der Waals surface area contributed by atoms with E-state index >= 15 is 0 Å². The maximum atomic E-state index is 13.7. The van der Waals surface area contributed by atoms with Gasteiger partial charge in [-0.15, -0.1) is 0 Å². The summed E-state index contributed by atoms with van der Waals surface area (Å²) in [6, 6.07) is 4.73. The van der Waals surface area contributed by atoms with Gasteiger partial charge in [-0.3, -0.25) is 4.79 Å². The third-order valence-electron chi connectivity index (χ3n) is 3.68. The average Bonchev–Trinajstić information content (AvgIpc) is 2.81. The van der Waals surface area contributed by atoms with Gasteiger partial charge in [-0.2, -0.15) is 0 Å². The molecule has 0 saturated heterocycles. The molecule has 0 spiro atoms. The predicted molar refractivity (Wildman–Crippen MR) is 76.0 cm³/mol. The van der Waals surface area contributed by atoms with Crippen LogP contribution in [0.1, 0.15) is 31.2 Å². The first-order valence-corrected chi connectivity index (χ1v) is 7.20. The summed E-state index contributed by atoms with van der Waals surface area (Å²) in [6.07, 6.45) is 3.41. The number of nitrogens with zero attached hydrogens (tertiary/aromatic N) is 1. The van der Waals surface area contributed by atoms with Crippen molar-refractivity contribution in [2.45, 2.75) is 37.8 Å². The number of carbonyl (C=O) groups excluding carboxylic acids is 1. The van der Waals surface area contributed by atoms with Crippen LogP contribution in [0.4, 0.5) is 4.39 Å². The van der Waals surface area contributed by atoms with Crippen LogP contribution < -0.4 is 5.73 Å². The Hall–Kier alpha value is -0.940. The van der Waals surface area contributed by atoms with Gasteiger partial charge in [-0.05, 0) is 31.0 Å². The van der Waals surface area contributed by atoms with E-state index < -0.39 is 5.54 Å². The molecule has 0 unspecified atom stereocenters. The van der Waals surface area contributed by atoms with E-state index in [1.54, 1.807) is 19.2 Å². The van der Waals surface area contributed by atoms with Gasteiger partial charge in [0.15, 0.2) is 0 Å². The second kappa shape index (κ2) is 5.59. The van der Waals surface area contributed by atoms with E-state index in [1.165, 1.54) is 11.0 Å². The van der Waals surface area contributed by atoms with Crippen LogP contribution in [-0.2, 0) is 11.3 Å². The number of amides is 1. The highest BCUT2D eigenvalue weighted by molar-refractivity contribution is 9.10. The highest BCUT2D eigenvalue weighted by Crippen LogP contribution is 2.29. The third-order valence-corrected chi connectivity index (χ3v) is 4.18. The normalized spacial score (nSPS) is 17.5. The van der Waals surface area contributed by atoms with Gasteiger partial charge in [-0.1, -0.05) is 28.8 Å². The van der Waals surface area contributed by atoms with E-state index in [4.69, 9.17) is 5.73 Å². The third kappa shape index (κ3) is 3.15. The van der Waals surface area contributed by atoms with E-state index in [0.717, 1.165) is 30.2 Å². The van der Waals surface area contributed by atoms with Crippen molar-refractivity contribution < 1.29 is 9.18 Å². The fraction of sp³-hybridized carbons (Fsp3) is 0.500. The fourth-order valence-electron chi connectivity index (χ4n) is 2.59. The zero-order valence-electron chi connectivity index (χ0n) is 11.0. The number of halogens is 2. The van der Waals surface area contributed by atoms with Gasteiger partial charge in [0.05, 0.1) is 5.54 Å². The second-order valence-corrected chi connectivity index (χ2v) is 6.18. The number of hydrogen-bond donors (Lipinski definition) is 1. The Morgan fingerprint density at radius 2 is 2.11 bits per heavy atom. The quantitative estimate of drug-likeness (QED) is 0.927. The summed E-state index contributed by atoms with van der Waals surface area (Å²) in [4.78, 5) is 13.9. The van der Waals surface area contributed by atoms with Gasteiger partial charge in [-0.25, -0.2) is 4.39 Å². The van der Waals surface area contributed by atoms with Crippen molar-refractivity contribution in [3.05, 3.63) is 34.1 Å². The van der Waals surface area contributed by atoms with Gasteiger partial charge in [0, 0.05) is 23.6 Å². The molecule has 0 radical (unpaired) electrons. The molecule has 1 aromatic carbocycles. The molecule has 1 fully saturated rings. The first-order chi connectivity index (χ1) is 8.92. The molecule has 1 saturated carbocycles. The molecule has 0 aromatic heterocycles. The van der Waals surface area contributed by atoms with Crippen molar-refractivity contribution >= 4 is 21.8 Å². The summed E-state index contributed by atoms with van der Waals surface area (Å²) in [5, 5.41) is 0. The summed E-state index contributed by atoms with van der Waals surface area (Å²) < 4.78 is 14.5. The standard InChI is InChI=1S/C14H18BrFN2O/c1-18(13(19)14(17)6-2-3-7-14)9-10-8-11(15)4-5-12(10)16/h4-5,8H,2-3,6-7,9,17H2,1H3. The molecule has 5 heteroatoms. The van der Waals surface area contributed by atoms with Crippen molar-refractivity contribution in [3.63, 3.8) is 0 Å². The molecule has 1 aliphatic carbocycles. The van der Waals surface area contributed by atoms with Crippen LogP contribution in [0.15, 0.2) is 22.7 Å². The van der Waals surface area contributed by atoms with E-state index in [2.05, 4.69) is 15.9 Å². The topological polar surface area (TPSA) is 46.3 Å². The molecule has 2 N–H and O–H groups in total. The second-order valence-electron chi connectivity index (χ2n) is 5.26. The molecule has 19 heavy (non-hydrogen) atoms. The lowest BCUT2D eigenvalue weighted by Crippen LogP contribution is -2.52. The summed E-state index contributed by atoms with van der Waals surface area (Å²) in [6.45, 7) is 0.239. The predicted octanol–water partition coefficient (Wildman–Crippen LogP) is 2.82. The summed E-state index contributed by atoms with van der Waals surface area (Å²) in [5.41, 5.74) is 5.87. The molecule has 1 aliphatic rings. The molecule has 1 aromatic rings. The molecule has 0 aliphatic heterocycles. The van der Waals surface area contributed by atoms with Crippen molar-refractivity contribution in [2.24, 2.45) is 5.73 Å². The molecule has 104 valence electrons. The minimum Gasteiger partial charge on any atom is -0.340 e. The molecular weight excluding hydrogens is 311 g/mol. The molecule has 0 heterocycles. The van der Waals surface area contributed by atoms with Crippen LogP contribution in [-0.4, -0.2) is 23.4 Å². The monoisotopic (exact) mass is 328 g/mol. The highest BCUT2D eigenvalue weighted by atomic mass is 79.9. The van der Waals surface area contributed by atoms with Crippen LogP contribution in [0.5, 0.6) is 0 Å². The molecule has 2 rings (SSSR count). The zero-order valence-corrected chi connectivity index (χ0v) is 12.5. The van der Waals surface area contributed by atoms with Gasteiger partial charge in [0.2, 0.25) is 5.91 Å². The number of hydrogen-bond acceptors (Lipinski definition) is 2. The number of nitrogens with two attached hydrogens (primary N) is 1. The Morgan fingerprint density at radius 3 is 2.74 bits per heavy atom. The van der Waals surface area contributed by atoms with Crippen molar-refractivity contribution in [1.29, 1.82) is 0 Å². The van der Waals surface area contributed by atoms with E-state index in [-0.39, 0.29) is 18.3 Å². The van der Waals surface area contributed by atoms with Crippen LogP contribution in [0.3, 0.4) is 0 Å². The Morgan fingerprint density at radius 1 is 1.47 bits per heavy atom. The number of rotatable bonds is 3. The van der Waals surface area contributed by atoms with Crippen molar-refractivity contribution in [3.8, 4) is 0 Å². The Balaban J connectivity index is 2.10. The Labute approximate surface area is 121 Å². The maximum Gasteiger partial charge on any atom is 0.242 e. The van der Waals surface area contributed by atoms with Crippen LogP contribution in [0.25, 0.3) is 0 Å². The molecule has 1 amide bonds. The van der Waals surface area contributed by atoms with Gasteiger partial charge >= 0.3 is 0 Å². The number of benzene rings is 1. The van der Waals surface area contributed by atoms with Crippen LogP contribution in [0, 0.1) is 5.82 Å². The van der Waals surface area contributed by atoms with Gasteiger partial charge in [0.1, 0.15) is 5.82 Å². The summed E-state index contributed by atoms with van der Waals surface area (Å²) >= 11 is 3.31. The smallest absolute Gasteiger partial charge is 0.242 e. The maximum absolute atomic E-state index is 13.7. The van der Waals surface area contributed by atoms with E-state index in [1.807, 2.05) is 0 Å². The molecule has 3 nitrogen and oxygen atoms in total. The van der Waals surface area contributed by atoms with Crippen LogP contribution >= 0.6 is 15.9 Å². The zero-order chi connectivity index (χ0) is 14.0. The first-order valence-electron chi connectivity index (χ1n) is 6.41. The molecule has 0 bridgehead atoms. The fourth-order valence-corrected chi connectivity index (χ4v) is 3.00. The molecule has 0 atom stereocenters. The SMILES string of the molecule is CN(Cc1cc(Br)ccc1F)C(=O)C1(N)CCCC1. The largest absolute Gasteiger partial charge is 0.340 e. The minimum absolute atomic E-state index is 0.0932. The lowest BCUT2D eigenvalue weighted by molar-refractivity contribution is -0.136. The Kier molecular flexibility index (Phi) is 4.26. The Bertz CT molecular complexity index is 486. The lowest BCUT2D eigenvalue weighted by atomic mass is 9.97. The highest BCUT2D eigenvalue weighted by Gasteiger charge is 2.38. The summed E-state index contributed by atoms with van der Waals surface area (Å²) in [7, 11) is 1.68. The van der Waals surface area contributed by atoms with Crippen LogP contribution in [0.2, 0.25) is 0 Å². The molecular formula is C14H18BrFN2O. The number of likely N-dealkylation sites (N-methyl/N-ethyl adjacent to an activating group) is 1. The van der Waals surface area contributed by atoms with E-state index in [9.17, 15) is 9.18 Å².